The van der Waals surface area contributed by atoms with Gasteiger partial charge in [0.25, 0.3) is 0 Å². The van der Waals surface area contributed by atoms with Crippen LogP contribution >= 0.6 is 11.6 Å². The predicted molar refractivity (Wildman–Crippen MR) is 88.8 cm³/mol. The number of carbonyl (C=O) groups is 1. The number of methoxy groups -OCH3 is 1. The molecule has 120 valence electrons. The molecule has 5 heteroatoms. The van der Waals surface area contributed by atoms with Crippen molar-refractivity contribution in [2.24, 2.45) is 0 Å². The first-order chi connectivity index (χ1) is 11.1. The van der Waals surface area contributed by atoms with E-state index in [9.17, 15) is 9.90 Å². The molecule has 1 N–H and O–H groups in total. The lowest BCUT2D eigenvalue weighted by atomic mass is 9.93. The third-order valence-electron chi connectivity index (χ3n) is 4.23. The van der Waals surface area contributed by atoms with Gasteiger partial charge >= 0.3 is 5.97 Å². The normalized spacial score (nSPS) is 17.6. The molecule has 0 spiro atoms. The van der Waals surface area contributed by atoms with Crippen LogP contribution in [0.15, 0.2) is 42.5 Å². The second-order valence-corrected chi connectivity index (χ2v) is 6.16. The lowest BCUT2D eigenvalue weighted by Crippen LogP contribution is -2.45. The average Bonchev–Trinajstić information content (AvgIpc) is 2.54. The van der Waals surface area contributed by atoms with Crippen LogP contribution in [0.3, 0.4) is 0 Å². The molecule has 3 rings (SSSR count). The first-order valence-corrected chi connectivity index (χ1v) is 7.81. The smallest absolute Gasteiger partial charge is 0.321 e. The maximum absolute atomic E-state index is 11.6. The van der Waals surface area contributed by atoms with Gasteiger partial charge in [-0.15, -0.1) is 0 Å². The number of nitrogens with zero attached hydrogens (tertiary/aromatic N) is 1. The predicted octanol–water partition coefficient (Wildman–Crippen LogP) is 3.36. The molecule has 0 bridgehead atoms. The second-order valence-electron chi connectivity index (χ2n) is 5.72. The van der Waals surface area contributed by atoms with Gasteiger partial charge in [-0.3, -0.25) is 9.69 Å². The molecule has 2 aromatic rings. The molecule has 0 amide bonds. The summed E-state index contributed by atoms with van der Waals surface area (Å²) in [5, 5.41) is 10.2. The maximum Gasteiger partial charge on any atom is 0.321 e. The van der Waals surface area contributed by atoms with Crippen molar-refractivity contribution in [1.82, 2.24) is 4.90 Å². The Morgan fingerprint density at radius 3 is 2.65 bits per heavy atom. The summed E-state index contributed by atoms with van der Waals surface area (Å²) in [5.74, 6) is -0.00146. The van der Waals surface area contributed by atoms with Crippen molar-refractivity contribution in [3.05, 3.63) is 64.2 Å². The highest BCUT2D eigenvalue weighted by Gasteiger charge is 2.31. The number of aliphatic carboxylic acids is 1. The summed E-state index contributed by atoms with van der Waals surface area (Å²) in [6.07, 6.45) is 0.498. The summed E-state index contributed by atoms with van der Waals surface area (Å²) in [5.41, 5.74) is 3.22. The van der Waals surface area contributed by atoms with E-state index in [1.165, 1.54) is 0 Å². The molecule has 1 heterocycles. The van der Waals surface area contributed by atoms with Crippen LogP contribution in [0.4, 0.5) is 0 Å². The molecule has 0 aliphatic carbocycles. The van der Waals surface area contributed by atoms with Crippen LogP contribution in [0.25, 0.3) is 0 Å². The summed E-state index contributed by atoms with van der Waals surface area (Å²) >= 11 is 6.07. The zero-order valence-corrected chi connectivity index (χ0v) is 13.6. The lowest BCUT2D eigenvalue weighted by Gasteiger charge is -2.34. The Balaban J connectivity index is 1.84. The topological polar surface area (TPSA) is 49.8 Å². The zero-order chi connectivity index (χ0) is 16.4. The standard InChI is InChI=1S/C18H18ClNO3/c1-23-16-6-2-12(3-7-16)10-20-11-14-8-15(19)5-4-13(14)9-17(20)18(21)22/h2-8,17H,9-11H2,1H3,(H,21,22)/t17-/m0/s1. The molecular formula is C18H18ClNO3. The highest BCUT2D eigenvalue weighted by atomic mass is 35.5. The van der Waals surface area contributed by atoms with E-state index in [0.29, 0.717) is 24.5 Å². The van der Waals surface area contributed by atoms with Gasteiger partial charge in [0, 0.05) is 18.1 Å². The van der Waals surface area contributed by atoms with Crippen LogP contribution in [0, 0.1) is 0 Å². The van der Waals surface area contributed by atoms with Crippen LogP contribution in [0.5, 0.6) is 5.75 Å². The third-order valence-corrected chi connectivity index (χ3v) is 4.46. The van der Waals surface area contributed by atoms with Crippen LogP contribution in [0.2, 0.25) is 5.02 Å². The highest BCUT2D eigenvalue weighted by molar-refractivity contribution is 6.30. The molecule has 23 heavy (non-hydrogen) atoms. The minimum absolute atomic E-state index is 0.498. The quantitative estimate of drug-likeness (QED) is 0.933. The number of halogens is 1. The maximum atomic E-state index is 11.6. The van der Waals surface area contributed by atoms with Gasteiger partial charge in [-0.25, -0.2) is 0 Å². The molecule has 0 saturated carbocycles. The minimum atomic E-state index is -0.792. The van der Waals surface area contributed by atoms with Crippen molar-refractivity contribution in [3.8, 4) is 5.75 Å². The van der Waals surface area contributed by atoms with E-state index in [-0.39, 0.29) is 0 Å². The van der Waals surface area contributed by atoms with Gasteiger partial charge in [-0.1, -0.05) is 29.8 Å². The first-order valence-electron chi connectivity index (χ1n) is 7.44. The lowest BCUT2D eigenvalue weighted by molar-refractivity contribution is -0.144. The average molecular weight is 332 g/mol. The summed E-state index contributed by atoms with van der Waals surface area (Å²) < 4.78 is 5.16. The number of benzene rings is 2. The largest absolute Gasteiger partial charge is 0.497 e. The first kappa shape index (κ1) is 15.8. The Morgan fingerprint density at radius 2 is 2.00 bits per heavy atom. The van der Waals surface area contributed by atoms with Crippen LogP contribution in [-0.4, -0.2) is 29.1 Å². The highest BCUT2D eigenvalue weighted by Crippen LogP contribution is 2.27. The van der Waals surface area contributed by atoms with Crippen LogP contribution < -0.4 is 4.74 Å². The van der Waals surface area contributed by atoms with Gasteiger partial charge in [0.2, 0.25) is 0 Å². The molecule has 1 atom stereocenters. The number of rotatable bonds is 4. The number of carboxylic acid groups (broad SMARTS) is 1. The molecule has 1 aliphatic rings. The van der Waals surface area contributed by atoms with Gasteiger partial charge < -0.3 is 9.84 Å². The minimum Gasteiger partial charge on any atom is -0.497 e. The van der Waals surface area contributed by atoms with Crippen molar-refractivity contribution < 1.29 is 14.6 Å². The molecule has 0 radical (unpaired) electrons. The Kier molecular flexibility index (Phi) is 4.55. The second kappa shape index (κ2) is 6.60. The van der Waals surface area contributed by atoms with E-state index in [2.05, 4.69) is 0 Å². The van der Waals surface area contributed by atoms with Gasteiger partial charge in [-0.05, 0) is 47.4 Å². The summed E-state index contributed by atoms with van der Waals surface area (Å²) in [6.45, 7) is 1.16. The van der Waals surface area contributed by atoms with Gasteiger partial charge in [-0.2, -0.15) is 0 Å². The molecule has 1 aliphatic heterocycles. The Bertz CT molecular complexity index is 715. The summed E-state index contributed by atoms with van der Waals surface area (Å²) in [6, 6.07) is 12.9. The number of carboxylic acids is 1. The Morgan fingerprint density at radius 1 is 1.26 bits per heavy atom. The van der Waals surface area contributed by atoms with Crippen molar-refractivity contribution in [3.63, 3.8) is 0 Å². The molecule has 0 aromatic heterocycles. The van der Waals surface area contributed by atoms with Crippen molar-refractivity contribution in [2.45, 2.75) is 25.6 Å². The monoisotopic (exact) mass is 331 g/mol. The van der Waals surface area contributed by atoms with E-state index >= 15 is 0 Å². The van der Waals surface area contributed by atoms with Crippen molar-refractivity contribution >= 4 is 17.6 Å². The zero-order valence-electron chi connectivity index (χ0n) is 12.8. The van der Waals surface area contributed by atoms with Gasteiger partial charge in [0.05, 0.1) is 7.11 Å². The third kappa shape index (κ3) is 3.49. The number of hydrogen-bond donors (Lipinski definition) is 1. The molecule has 2 aromatic carbocycles. The fraction of sp³-hybridized carbons (Fsp3) is 0.278. The van der Waals surface area contributed by atoms with Crippen molar-refractivity contribution in [1.29, 1.82) is 0 Å². The summed E-state index contributed by atoms with van der Waals surface area (Å²) in [7, 11) is 1.63. The number of ether oxygens (including phenoxy) is 1. The fourth-order valence-electron chi connectivity index (χ4n) is 2.98. The van der Waals surface area contributed by atoms with Gasteiger partial charge in [0.15, 0.2) is 0 Å². The molecule has 4 nitrogen and oxygen atoms in total. The van der Waals surface area contributed by atoms with E-state index in [0.717, 1.165) is 22.4 Å². The Labute approximate surface area is 140 Å². The molecular weight excluding hydrogens is 314 g/mol. The van der Waals surface area contributed by atoms with E-state index in [1.807, 2.05) is 47.4 Å². The van der Waals surface area contributed by atoms with E-state index in [1.54, 1.807) is 7.11 Å². The SMILES string of the molecule is COc1ccc(CN2Cc3cc(Cl)ccc3C[C@H]2C(=O)O)cc1. The fourth-order valence-corrected chi connectivity index (χ4v) is 3.18. The van der Waals surface area contributed by atoms with Gasteiger partial charge in [0.1, 0.15) is 11.8 Å². The molecule has 0 fully saturated rings. The molecule has 0 unspecified atom stereocenters. The van der Waals surface area contributed by atoms with Crippen molar-refractivity contribution in [2.75, 3.05) is 7.11 Å². The van der Waals surface area contributed by atoms with E-state index < -0.39 is 12.0 Å². The number of fused-ring (bicyclic) bond motifs is 1. The summed E-state index contributed by atoms with van der Waals surface area (Å²) in [4.78, 5) is 13.6. The number of hydrogen-bond acceptors (Lipinski definition) is 3. The Hall–Kier alpha value is -2.04. The van der Waals surface area contributed by atoms with Crippen LogP contribution in [0.1, 0.15) is 16.7 Å². The van der Waals surface area contributed by atoms with E-state index in [4.69, 9.17) is 16.3 Å². The molecule has 0 saturated heterocycles. The van der Waals surface area contributed by atoms with Crippen LogP contribution in [-0.2, 0) is 24.3 Å².